The smallest absolute Gasteiger partial charge is 0.373 e. The average Bonchev–Trinajstić information content (AvgIpc) is 2.64. The minimum atomic E-state index is -0.555. The molecule has 1 heterocycles. The number of halogens is 1. The van der Waals surface area contributed by atoms with Crippen LogP contribution in [0.3, 0.4) is 0 Å². The number of aryl methyl sites for hydroxylation is 2. The molecule has 0 saturated heterocycles. The molecule has 3 aromatic rings. The summed E-state index contributed by atoms with van der Waals surface area (Å²) in [4.78, 5) is 19.0. The summed E-state index contributed by atoms with van der Waals surface area (Å²) in [6, 6.07) is 12.6. The van der Waals surface area contributed by atoms with E-state index in [2.05, 4.69) is 15.3 Å². The van der Waals surface area contributed by atoms with Crippen molar-refractivity contribution < 1.29 is 9.66 Å². The molecule has 0 radical (unpaired) electrons. The normalized spacial score (nSPS) is 10.5. The maximum absolute atomic E-state index is 11.6. The van der Waals surface area contributed by atoms with E-state index in [-0.39, 0.29) is 17.4 Å². The molecule has 0 aliphatic rings. The lowest BCUT2D eigenvalue weighted by molar-refractivity contribution is -0.385. The minimum Gasteiger partial charge on any atom is -0.434 e. The van der Waals surface area contributed by atoms with Gasteiger partial charge in [-0.15, -0.1) is 0 Å². The third-order valence-electron chi connectivity index (χ3n) is 4.04. The van der Waals surface area contributed by atoms with Gasteiger partial charge in [-0.25, -0.2) is 4.98 Å². The molecule has 0 saturated carbocycles. The summed E-state index contributed by atoms with van der Waals surface area (Å²) in [5, 5.41) is 15.2. The monoisotopic (exact) mass is 384 g/mol. The molecule has 8 heteroatoms. The van der Waals surface area contributed by atoms with E-state index >= 15 is 0 Å². The van der Waals surface area contributed by atoms with Gasteiger partial charge in [-0.1, -0.05) is 29.8 Å². The first-order chi connectivity index (χ1) is 12.9. The van der Waals surface area contributed by atoms with Gasteiger partial charge in [0.1, 0.15) is 12.1 Å². The van der Waals surface area contributed by atoms with Gasteiger partial charge in [0, 0.05) is 11.6 Å². The number of ether oxygens (including phenoxy) is 1. The molecule has 0 fully saturated rings. The van der Waals surface area contributed by atoms with E-state index in [1.54, 1.807) is 18.2 Å². The number of aromatic nitrogens is 2. The second-order valence-electron chi connectivity index (χ2n) is 5.96. The van der Waals surface area contributed by atoms with Crippen molar-refractivity contribution in [1.82, 2.24) is 9.97 Å². The van der Waals surface area contributed by atoms with E-state index in [1.165, 1.54) is 6.33 Å². The van der Waals surface area contributed by atoms with Gasteiger partial charge in [0.2, 0.25) is 5.82 Å². The van der Waals surface area contributed by atoms with Crippen LogP contribution in [0.1, 0.15) is 16.7 Å². The summed E-state index contributed by atoms with van der Waals surface area (Å²) >= 11 is 5.87. The maximum atomic E-state index is 11.6. The molecule has 3 rings (SSSR count). The Hall–Kier alpha value is -3.19. The van der Waals surface area contributed by atoms with Crippen LogP contribution in [0.15, 0.2) is 48.8 Å². The SMILES string of the molecule is Cc1ccc(Oc2ncnc(NCc3ccc(Cl)cc3)c2[N+](=O)[O-])cc1C. The van der Waals surface area contributed by atoms with Gasteiger partial charge in [-0.05, 0) is 54.8 Å². The van der Waals surface area contributed by atoms with E-state index in [0.29, 0.717) is 17.3 Å². The van der Waals surface area contributed by atoms with Crippen LogP contribution in [-0.4, -0.2) is 14.9 Å². The van der Waals surface area contributed by atoms with E-state index < -0.39 is 4.92 Å². The van der Waals surface area contributed by atoms with Crippen molar-refractivity contribution in [3.8, 4) is 11.6 Å². The molecule has 1 N–H and O–H groups in total. The highest BCUT2D eigenvalue weighted by atomic mass is 35.5. The minimum absolute atomic E-state index is 0.0868. The zero-order valence-corrected chi connectivity index (χ0v) is 15.5. The fourth-order valence-corrected chi connectivity index (χ4v) is 2.53. The zero-order chi connectivity index (χ0) is 19.4. The Labute approximate surface area is 161 Å². The van der Waals surface area contributed by atoms with Gasteiger partial charge < -0.3 is 10.1 Å². The topological polar surface area (TPSA) is 90.2 Å². The second kappa shape index (κ2) is 8.01. The number of nitro groups is 1. The van der Waals surface area contributed by atoms with Crippen LogP contribution >= 0.6 is 11.6 Å². The van der Waals surface area contributed by atoms with E-state index in [4.69, 9.17) is 16.3 Å². The molecule has 0 amide bonds. The lowest BCUT2D eigenvalue weighted by Gasteiger charge is -2.10. The number of anilines is 1. The summed E-state index contributed by atoms with van der Waals surface area (Å²) < 4.78 is 5.66. The number of hydrogen-bond donors (Lipinski definition) is 1. The van der Waals surface area contributed by atoms with Gasteiger partial charge in [0.05, 0.1) is 4.92 Å². The van der Waals surface area contributed by atoms with Crippen molar-refractivity contribution in [3.63, 3.8) is 0 Å². The van der Waals surface area contributed by atoms with E-state index in [1.807, 2.05) is 38.1 Å². The van der Waals surface area contributed by atoms with Crippen molar-refractivity contribution >= 4 is 23.1 Å². The lowest BCUT2D eigenvalue weighted by Crippen LogP contribution is -2.07. The number of hydrogen-bond acceptors (Lipinski definition) is 6. The van der Waals surface area contributed by atoms with Crippen molar-refractivity contribution in [2.24, 2.45) is 0 Å². The summed E-state index contributed by atoms with van der Waals surface area (Å²) in [7, 11) is 0. The van der Waals surface area contributed by atoms with Gasteiger partial charge in [-0.2, -0.15) is 4.98 Å². The van der Waals surface area contributed by atoms with Gasteiger partial charge >= 0.3 is 11.6 Å². The first-order valence-corrected chi connectivity index (χ1v) is 8.54. The molecule has 2 aromatic carbocycles. The molecular weight excluding hydrogens is 368 g/mol. The third-order valence-corrected chi connectivity index (χ3v) is 4.29. The number of rotatable bonds is 6. The Kier molecular flexibility index (Phi) is 5.52. The van der Waals surface area contributed by atoms with E-state index in [9.17, 15) is 10.1 Å². The summed E-state index contributed by atoms with van der Waals surface area (Å²) in [6.07, 6.45) is 1.23. The average molecular weight is 385 g/mol. The first kappa shape index (κ1) is 18.6. The Morgan fingerprint density at radius 2 is 1.85 bits per heavy atom. The Balaban J connectivity index is 1.86. The van der Waals surface area contributed by atoms with Crippen LogP contribution in [0, 0.1) is 24.0 Å². The molecule has 138 valence electrons. The number of nitrogens with one attached hydrogen (secondary N) is 1. The zero-order valence-electron chi connectivity index (χ0n) is 14.8. The fraction of sp³-hybridized carbons (Fsp3) is 0.158. The fourth-order valence-electron chi connectivity index (χ4n) is 2.41. The highest BCUT2D eigenvalue weighted by Crippen LogP contribution is 2.34. The van der Waals surface area contributed by atoms with Gasteiger partial charge in [-0.3, -0.25) is 10.1 Å². The Bertz CT molecular complexity index is 977. The molecule has 0 unspecified atom stereocenters. The van der Waals surface area contributed by atoms with Crippen LogP contribution in [-0.2, 0) is 6.54 Å². The highest BCUT2D eigenvalue weighted by molar-refractivity contribution is 6.30. The second-order valence-corrected chi connectivity index (χ2v) is 6.40. The quantitative estimate of drug-likeness (QED) is 0.472. The molecule has 0 atom stereocenters. The highest BCUT2D eigenvalue weighted by Gasteiger charge is 2.25. The van der Waals surface area contributed by atoms with E-state index in [0.717, 1.165) is 16.7 Å². The lowest BCUT2D eigenvalue weighted by atomic mass is 10.1. The predicted octanol–water partition coefficient (Wildman–Crippen LogP) is 5.06. The number of benzene rings is 2. The molecule has 0 spiro atoms. The standard InChI is InChI=1S/C19H17ClN4O3/c1-12-3-8-16(9-13(12)2)27-19-17(24(25)26)18(22-11-23-19)21-10-14-4-6-15(20)7-5-14/h3-9,11H,10H2,1-2H3,(H,21,22,23). The van der Waals surface area contributed by atoms with Crippen LogP contribution in [0.25, 0.3) is 0 Å². The molecule has 1 aromatic heterocycles. The maximum Gasteiger partial charge on any atom is 0.373 e. The molecule has 7 nitrogen and oxygen atoms in total. The van der Waals surface area contributed by atoms with Crippen molar-refractivity contribution in [3.05, 3.63) is 80.6 Å². The Morgan fingerprint density at radius 3 is 2.52 bits per heavy atom. The van der Waals surface area contributed by atoms with Crippen LogP contribution in [0.2, 0.25) is 5.02 Å². The summed E-state index contributed by atoms with van der Waals surface area (Å²) in [6.45, 7) is 4.26. The summed E-state index contributed by atoms with van der Waals surface area (Å²) in [5.41, 5.74) is 2.71. The molecule has 27 heavy (non-hydrogen) atoms. The largest absolute Gasteiger partial charge is 0.434 e. The summed E-state index contributed by atoms with van der Waals surface area (Å²) in [5.74, 6) is 0.448. The first-order valence-electron chi connectivity index (χ1n) is 8.17. The molecule has 0 aliphatic heterocycles. The number of nitrogens with zero attached hydrogens (tertiary/aromatic N) is 3. The molecular formula is C19H17ClN4O3. The Morgan fingerprint density at radius 1 is 1.11 bits per heavy atom. The van der Waals surface area contributed by atoms with Crippen molar-refractivity contribution in [1.29, 1.82) is 0 Å². The molecule has 0 aliphatic carbocycles. The van der Waals surface area contributed by atoms with Gasteiger partial charge in [0.25, 0.3) is 0 Å². The van der Waals surface area contributed by atoms with Crippen LogP contribution in [0.4, 0.5) is 11.5 Å². The van der Waals surface area contributed by atoms with Crippen LogP contribution < -0.4 is 10.1 Å². The molecule has 0 bridgehead atoms. The third kappa shape index (κ3) is 4.51. The van der Waals surface area contributed by atoms with Crippen LogP contribution in [0.5, 0.6) is 11.6 Å². The predicted molar refractivity (Wildman–Crippen MR) is 103 cm³/mol. The van der Waals surface area contributed by atoms with Crippen molar-refractivity contribution in [2.75, 3.05) is 5.32 Å². The van der Waals surface area contributed by atoms with Crippen molar-refractivity contribution in [2.45, 2.75) is 20.4 Å². The van der Waals surface area contributed by atoms with Gasteiger partial charge in [0.15, 0.2) is 0 Å².